The van der Waals surface area contributed by atoms with Crippen LogP contribution in [0.3, 0.4) is 0 Å². The second-order valence-electron chi connectivity index (χ2n) is 3.75. The Morgan fingerprint density at radius 2 is 2.41 bits per heavy atom. The molecule has 2 amide bonds. The van der Waals surface area contributed by atoms with Crippen LogP contribution in [0.15, 0.2) is 18.3 Å². The Labute approximate surface area is 97.8 Å². The molecule has 1 aromatic rings. The molecule has 0 aromatic carbocycles. The molecule has 1 aromatic heterocycles. The summed E-state index contributed by atoms with van der Waals surface area (Å²) in [6, 6.07) is 2.97. The van der Waals surface area contributed by atoms with Gasteiger partial charge in [-0.15, -0.1) is 0 Å². The highest BCUT2D eigenvalue weighted by molar-refractivity contribution is 5.95. The molecule has 2 heterocycles. The van der Waals surface area contributed by atoms with Crippen LogP contribution >= 0.6 is 0 Å². The number of rotatable bonds is 3. The van der Waals surface area contributed by atoms with Gasteiger partial charge in [-0.2, -0.15) is 0 Å². The fourth-order valence-electron chi connectivity index (χ4n) is 1.63. The summed E-state index contributed by atoms with van der Waals surface area (Å²) < 4.78 is 0. The largest absolute Gasteiger partial charge is 0.354 e. The predicted octanol–water partition coefficient (Wildman–Crippen LogP) is -1.01. The van der Waals surface area contributed by atoms with Gasteiger partial charge in [0.15, 0.2) is 0 Å². The summed E-state index contributed by atoms with van der Waals surface area (Å²) >= 11 is 0. The molecule has 0 bridgehead atoms. The van der Waals surface area contributed by atoms with Gasteiger partial charge in [0, 0.05) is 24.7 Å². The second-order valence-corrected chi connectivity index (χ2v) is 3.75. The van der Waals surface area contributed by atoms with Crippen molar-refractivity contribution in [1.29, 1.82) is 0 Å². The molecule has 1 aliphatic heterocycles. The highest BCUT2D eigenvalue weighted by atomic mass is 16.2. The summed E-state index contributed by atoms with van der Waals surface area (Å²) in [7, 11) is 0. The number of pyridine rings is 1. The van der Waals surface area contributed by atoms with Gasteiger partial charge in [-0.3, -0.25) is 9.59 Å². The maximum absolute atomic E-state index is 11.8. The summed E-state index contributed by atoms with van der Waals surface area (Å²) in [6.07, 6.45) is 1.81. The van der Waals surface area contributed by atoms with E-state index in [1.54, 1.807) is 12.1 Å². The average Bonchev–Trinajstić information content (AvgIpc) is 2.75. The van der Waals surface area contributed by atoms with Crippen LogP contribution in [-0.2, 0) is 4.79 Å². The Balaban J connectivity index is 2.01. The molecule has 1 saturated heterocycles. The minimum Gasteiger partial charge on any atom is -0.354 e. The molecule has 1 unspecified atom stereocenters. The molecule has 1 atom stereocenters. The topological polar surface area (TPSA) is 109 Å². The summed E-state index contributed by atoms with van der Waals surface area (Å²) in [5.74, 6) is 5.32. The normalized spacial score (nSPS) is 18.6. The van der Waals surface area contributed by atoms with Crippen molar-refractivity contribution in [3.63, 3.8) is 0 Å². The van der Waals surface area contributed by atoms with E-state index in [-0.39, 0.29) is 17.9 Å². The first-order valence-electron chi connectivity index (χ1n) is 5.19. The molecule has 0 saturated carbocycles. The fourth-order valence-corrected chi connectivity index (χ4v) is 1.63. The zero-order chi connectivity index (χ0) is 12.3. The average molecular weight is 235 g/mol. The van der Waals surface area contributed by atoms with E-state index in [9.17, 15) is 9.59 Å². The van der Waals surface area contributed by atoms with Crippen molar-refractivity contribution in [2.24, 2.45) is 5.84 Å². The van der Waals surface area contributed by atoms with Crippen molar-refractivity contribution < 1.29 is 9.59 Å². The van der Waals surface area contributed by atoms with E-state index in [4.69, 9.17) is 5.84 Å². The maximum Gasteiger partial charge on any atom is 0.251 e. The number of carbonyl (C=O) groups is 2. The first kappa shape index (κ1) is 11.3. The van der Waals surface area contributed by atoms with Crippen molar-refractivity contribution in [2.75, 3.05) is 12.0 Å². The Bertz CT molecular complexity index is 448. The third-order valence-corrected chi connectivity index (χ3v) is 2.48. The third kappa shape index (κ3) is 2.70. The molecular formula is C10H13N5O2. The molecule has 17 heavy (non-hydrogen) atoms. The zero-order valence-electron chi connectivity index (χ0n) is 9.06. The van der Waals surface area contributed by atoms with Crippen molar-refractivity contribution >= 4 is 17.6 Å². The SMILES string of the molecule is NNc1cc(C(=O)NC2CNC(=O)C2)ccn1. The number of nitrogen functional groups attached to an aromatic ring is 1. The fraction of sp³-hybridized carbons (Fsp3) is 0.300. The number of anilines is 1. The van der Waals surface area contributed by atoms with Gasteiger partial charge in [0.1, 0.15) is 5.82 Å². The number of hydrogen-bond acceptors (Lipinski definition) is 5. The lowest BCUT2D eigenvalue weighted by Crippen LogP contribution is -2.36. The van der Waals surface area contributed by atoms with Crippen LogP contribution in [0.25, 0.3) is 0 Å². The minimum atomic E-state index is -0.245. The van der Waals surface area contributed by atoms with Crippen molar-refractivity contribution in [1.82, 2.24) is 15.6 Å². The van der Waals surface area contributed by atoms with Gasteiger partial charge in [-0.1, -0.05) is 0 Å². The van der Waals surface area contributed by atoms with Crippen LogP contribution < -0.4 is 21.9 Å². The zero-order valence-corrected chi connectivity index (χ0v) is 9.06. The standard InChI is InChI=1S/C10H13N5O2/c11-15-8-3-6(1-2-12-8)10(17)14-7-4-9(16)13-5-7/h1-3,7H,4-5,11H2,(H,12,15)(H,13,16)(H,14,17). The number of hydrazine groups is 1. The molecule has 90 valence electrons. The van der Waals surface area contributed by atoms with E-state index in [0.717, 1.165) is 0 Å². The van der Waals surface area contributed by atoms with Crippen LogP contribution in [0.1, 0.15) is 16.8 Å². The van der Waals surface area contributed by atoms with E-state index >= 15 is 0 Å². The summed E-state index contributed by atoms with van der Waals surface area (Å²) in [5, 5.41) is 5.41. The summed E-state index contributed by atoms with van der Waals surface area (Å²) in [4.78, 5) is 26.7. The van der Waals surface area contributed by atoms with Crippen molar-refractivity contribution in [2.45, 2.75) is 12.5 Å². The number of hydrogen-bond donors (Lipinski definition) is 4. The lowest BCUT2D eigenvalue weighted by atomic mass is 10.2. The van der Waals surface area contributed by atoms with E-state index in [2.05, 4.69) is 21.0 Å². The number of nitrogens with zero attached hydrogens (tertiary/aromatic N) is 1. The van der Waals surface area contributed by atoms with Gasteiger partial charge in [0.25, 0.3) is 5.91 Å². The number of nitrogens with one attached hydrogen (secondary N) is 3. The lowest BCUT2D eigenvalue weighted by Gasteiger charge is -2.10. The van der Waals surface area contributed by atoms with Crippen LogP contribution in [0, 0.1) is 0 Å². The Morgan fingerprint density at radius 1 is 1.59 bits per heavy atom. The van der Waals surface area contributed by atoms with Crippen LogP contribution in [0.4, 0.5) is 5.82 Å². The van der Waals surface area contributed by atoms with E-state index < -0.39 is 0 Å². The van der Waals surface area contributed by atoms with Crippen molar-refractivity contribution in [3.8, 4) is 0 Å². The Kier molecular flexibility index (Phi) is 3.20. The molecule has 0 spiro atoms. The second kappa shape index (κ2) is 4.79. The summed E-state index contributed by atoms with van der Waals surface area (Å²) in [6.45, 7) is 0.470. The van der Waals surface area contributed by atoms with Crippen LogP contribution in [0.5, 0.6) is 0 Å². The number of aromatic nitrogens is 1. The molecule has 7 nitrogen and oxygen atoms in total. The number of carbonyl (C=O) groups excluding carboxylic acids is 2. The van der Waals surface area contributed by atoms with Gasteiger partial charge >= 0.3 is 0 Å². The number of amides is 2. The Morgan fingerprint density at radius 3 is 3.06 bits per heavy atom. The van der Waals surface area contributed by atoms with E-state index in [1.165, 1.54) is 6.20 Å². The Hall–Kier alpha value is -2.15. The molecule has 0 radical (unpaired) electrons. The molecule has 1 aliphatic rings. The molecular weight excluding hydrogens is 222 g/mol. The first-order valence-corrected chi connectivity index (χ1v) is 5.19. The molecule has 5 N–H and O–H groups in total. The lowest BCUT2D eigenvalue weighted by molar-refractivity contribution is -0.119. The van der Waals surface area contributed by atoms with Crippen LogP contribution in [0.2, 0.25) is 0 Å². The molecule has 2 rings (SSSR count). The van der Waals surface area contributed by atoms with Gasteiger partial charge in [-0.25, -0.2) is 10.8 Å². The van der Waals surface area contributed by atoms with E-state index in [1.807, 2.05) is 0 Å². The minimum absolute atomic E-state index is 0.0469. The predicted molar refractivity (Wildman–Crippen MR) is 60.9 cm³/mol. The maximum atomic E-state index is 11.8. The smallest absolute Gasteiger partial charge is 0.251 e. The molecule has 7 heteroatoms. The van der Waals surface area contributed by atoms with Gasteiger partial charge in [0.05, 0.1) is 6.04 Å². The van der Waals surface area contributed by atoms with Crippen LogP contribution in [-0.4, -0.2) is 29.4 Å². The summed E-state index contributed by atoms with van der Waals surface area (Å²) in [5.41, 5.74) is 2.82. The monoisotopic (exact) mass is 235 g/mol. The highest BCUT2D eigenvalue weighted by Gasteiger charge is 2.23. The van der Waals surface area contributed by atoms with Crippen molar-refractivity contribution in [3.05, 3.63) is 23.9 Å². The quantitative estimate of drug-likeness (QED) is 0.396. The number of nitrogens with two attached hydrogens (primary N) is 1. The van der Waals surface area contributed by atoms with Gasteiger partial charge in [0.2, 0.25) is 5.91 Å². The molecule has 0 aliphatic carbocycles. The first-order chi connectivity index (χ1) is 8.19. The van der Waals surface area contributed by atoms with Gasteiger partial charge in [-0.05, 0) is 12.1 Å². The molecule has 1 fully saturated rings. The third-order valence-electron chi connectivity index (χ3n) is 2.48. The highest BCUT2D eigenvalue weighted by Crippen LogP contribution is 2.07. The van der Waals surface area contributed by atoms with Gasteiger partial charge < -0.3 is 16.1 Å². The van der Waals surface area contributed by atoms with E-state index in [0.29, 0.717) is 24.3 Å².